The van der Waals surface area contributed by atoms with Crippen LogP contribution in [0.25, 0.3) is 4.78 Å². The first kappa shape index (κ1) is 11.5. The van der Waals surface area contributed by atoms with Crippen molar-refractivity contribution in [2.45, 2.75) is 25.2 Å². The van der Waals surface area contributed by atoms with Gasteiger partial charge in [-0.05, 0) is 44.1 Å². The highest BCUT2D eigenvalue weighted by Crippen LogP contribution is 2.15. The Morgan fingerprint density at radius 3 is 2.57 bits per heavy atom. The number of rotatable bonds is 3. The van der Waals surface area contributed by atoms with Crippen LogP contribution in [0.2, 0.25) is 0 Å². The monoisotopic (exact) mass is 231 g/mol. The van der Waals surface area contributed by atoms with Gasteiger partial charge in [-0.25, -0.2) is 0 Å². The highest BCUT2D eigenvalue weighted by atomic mass is 35.7. The van der Waals surface area contributed by atoms with Crippen molar-refractivity contribution in [3.63, 3.8) is 0 Å². The van der Waals surface area contributed by atoms with Gasteiger partial charge in [0, 0.05) is 16.8 Å². The lowest BCUT2D eigenvalue weighted by Gasteiger charge is -2.08. The Kier molecular flexibility index (Phi) is 3.50. The Labute approximate surface area is 89.0 Å². The molecule has 78 valence electrons. The molecular weight excluding hydrogens is 220 g/mol. The SMILES string of the molecule is CC(C)Cc1ccc(S(=[N-])(=O)Cl)cn1. The number of pyridine rings is 1. The molecule has 0 N–H and O–H groups in total. The normalized spacial score (nSPS) is 15.4. The van der Waals surface area contributed by atoms with Gasteiger partial charge in [-0.15, -0.1) is 0 Å². The molecule has 0 aliphatic heterocycles. The summed E-state index contributed by atoms with van der Waals surface area (Å²) in [6.07, 6.45) is 2.21. The van der Waals surface area contributed by atoms with Gasteiger partial charge in [-0.2, -0.15) is 0 Å². The third kappa shape index (κ3) is 3.27. The fourth-order valence-corrected chi connectivity index (χ4v) is 1.79. The zero-order chi connectivity index (χ0) is 10.8. The topological polar surface area (TPSA) is 52.3 Å². The van der Waals surface area contributed by atoms with E-state index in [2.05, 4.69) is 18.8 Å². The van der Waals surface area contributed by atoms with Crippen LogP contribution in [-0.2, 0) is 15.4 Å². The Morgan fingerprint density at radius 2 is 2.21 bits per heavy atom. The Hall–Kier alpha value is -0.610. The van der Waals surface area contributed by atoms with E-state index in [0.717, 1.165) is 12.1 Å². The van der Waals surface area contributed by atoms with Crippen molar-refractivity contribution < 1.29 is 4.21 Å². The number of halogens is 1. The van der Waals surface area contributed by atoms with Crippen molar-refractivity contribution in [2.75, 3.05) is 0 Å². The maximum Gasteiger partial charge on any atom is 0.0433 e. The van der Waals surface area contributed by atoms with Gasteiger partial charge in [-0.1, -0.05) is 13.8 Å². The van der Waals surface area contributed by atoms with Crippen LogP contribution in [0.1, 0.15) is 19.5 Å². The van der Waals surface area contributed by atoms with Gasteiger partial charge in [0.1, 0.15) is 0 Å². The van der Waals surface area contributed by atoms with E-state index >= 15 is 0 Å². The predicted octanol–water partition coefficient (Wildman–Crippen LogP) is 2.83. The average Bonchev–Trinajstić information content (AvgIpc) is 2.02. The Bertz CT molecular complexity index is 397. The molecule has 1 unspecified atom stereocenters. The van der Waals surface area contributed by atoms with Gasteiger partial charge in [0.05, 0.1) is 0 Å². The van der Waals surface area contributed by atoms with Gasteiger partial charge >= 0.3 is 0 Å². The minimum atomic E-state index is -3.39. The first-order chi connectivity index (χ1) is 6.39. The van der Waals surface area contributed by atoms with Gasteiger partial charge in [0.15, 0.2) is 0 Å². The summed E-state index contributed by atoms with van der Waals surface area (Å²) in [5, 5.41) is 0. The quantitative estimate of drug-likeness (QED) is 0.752. The van der Waals surface area contributed by atoms with E-state index in [9.17, 15) is 4.21 Å². The summed E-state index contributed by atoms with van der Waals surface area (Å²) in [4.78, 5) is 4.22. The molecule has 1 atom stereocenters. The maximum absolute atomic E-state index is 11.0. The van der Waals surface area contributed by atoms with Gasteiger partial charge in [-0.3, -0.25) is 9.19 Å². The molecule has 0 aliphatic carbocycles. The van der Waals surface area contributed by atoms with E-state index in [0.29, 0.717) is 5.92 Å². The summed E-state index contributed by atoms with van der Waals surface area (Å²) < 4.78 is 20.0. The van der Waals surface area contributed by atoms with Crippen molar-refractivity contribution in [1.29, 1.82) is 0 Å². The average molecular weight is 232 g/mol. The van der Waals surface area contributed by atoms with E-state index in [4.69, 9.17) is 15.5 Å². The van der Waals surface area contributed by atoms with Crippen molar-refractivity contribution in [1.82, 2.24) is 4.98 Å². The van der Waals surface area contributed by atoms with Crippen molar-refractivity contribution >= 4 is 19.6 Å². The summed E-state index contributed by atoms with van der Waals surface area (Å²) in [5.74, 6) is 0.517. The minimum absolute atomic E-state index is 0.159. The van der Waals surface area contributed by atoms with Crippen LogP contribution >= 0.6 is 10.7 Å². The first-order valence-electron chi connectivity index (χ1n) is 4.31. The standard InChI is InChI=1S/C9H12ClN2OS/c1-7(2)5-8-3-4-9(6-12-8)14(10,11)13/h3-4,6-7H,5H2,1-2H3/q-1. The smallest absolute Gasteiger partial charge is 0.0433 e. The van der Waals surface area contributed by atoms with Crippen LogP contribution in [0.3, 0.4) is 0 Å². The minimum Gasteiger partial charge on any atom is -0.734 e. The van der Waals surface area contributed by atoms with Gasteiger partial charge in [0.25, 0.3) is 0 Å². The molecule has 5 heteroatoms. The summed E-state index contributed by atoms with van der Waals surface area (Å²) in [7, 11) is 1.87. The third-order valence-electron chi connectivity index (χ3n) is 1.71. The second-order valence-corrected chi connectivity index (χ2v) is 6.18. The lowest BCUT2D eigenvalue weighted by Crippen LogP contribution is -1.98. The summed E-state index contributed by atoms with van der Waals surface area (Å²) >= 11 is 0. The number of hydrogen-bond acceptors (Lipinski definition) is 2. The molecule has 1 aromatic heterocycles. The highest BCUT2D eigenvalue weighted by molar-refractivity contribution is 8.16. The summed E-state index contributed by atoms with van der Waals surface area (Å²) in [6.45, 7) is 4.18. The predicted molar refractivity (Wildman–Crippen MR) is 58.4 cm³/mol. The van der Waals surface area contributed by atoms with Gasteiger partial charge < -0.3 is 4.78 Å². The number of hydrogen-bond donors (Lipinski definition) is 0. The molecule has 0 saturated heterocycles. The van der Waals surface area contributed by atoms with Crippen molar-refractivity contribution in [3.05, 3.63) is 28.8 Å². The van der Waals surface area contributed by atoms with Crippen LogP contribution in [0.4, 0.5) is 0 Å². The summed E-state index contributed by atoms with van der Waals surface area (Å²) in [6, 6.07) is 3.27. The molecule has 0 fully saturated rings. The molecule has 0 bridgehead atoms. The maximum atomic E-state index is 11.0. The second-order valence-electron chi connectivity index (χ2n) is 3.54. The van der Waals surface area contributed by atoms with E-state index in [1.54, 1.807) is 12.1 Å². The fraction of sp³-hybridized carbons (Fsp3) is 0.444. The molecule has 1 rings (SSSR count). The lowest BCUT2D eigenvalue weighted by molar-refractivity contribution is 0.634. The molecule has 0 saturated carbocycles. The molecule has 0 amide bonds. The van der Waals surface area contributed by atoms with E-state index in [-0.39, 0.29) is 4.90 Å². The number of aromatic nitrogens is 1. The molecule has 0 aliphatic rings. The van der Waals surface area contributed by atoms with Crippen molar-refractivity contribution in [3.8, 4) is 0 Å². The first-order valence-corrected chi connectivity index (χ1v) is 6.65. The third-order valence-corrected chi connectivity index (χ3v) is 3.06. The molecule has 3 nitrogen and oxygen atoms in total. The van der Waals surface area contributed by atoms with Crippen LogP contribution in [0.15, 0.2) is 23.2 Å². The number of nitrogens with zero attached hydrogens (tertiary/aromatic N) is 2. The zero-order valence-electron chi connectivity index (χ0n) is 8.11. The van der Waals surface area contributed by atoms with Crippen LogP contribution in [0.5, 0.6) is 0 Å². The molecular formula is C9H12ClN2OS-. The van der Waals surface area contributed by atoms with E-state index in [1.807, 2.05) is 0 Å². The second kappa shape index (κ2) is 4.28. The van der Waals surface area contributed by atoms with E-state index in [1.165, 1.54) is 6.20 Å². The lowest BCUT2D eigenvalue weighted by atomic mass is 10.1. The largest absolute Gasteiger partial charge is 0.734 e. The van der Waals surface area contributed by atoms with E-state index < -0.39 is 8.94 Å². The summed E-state index contributed by atoms with van der Waals surface area (Å²) in [5.41, 5.74) is 0.907. The Morgan fingerprint density at radius 1 is 1.57 bits per heavy atom. The molecule has 0 spiro atoms. The van der Waals surface area contributed by atoms with Crippen LogP contribution < -0.4 is 0 Å². The van der Waals surface area contributed by atoms with Gasteiger partial charge in [0.2, 0.25) is 0 Å². The highest BCUT2D eigenvalue weighted by Gasteiger charge is 2.01. The molecule has 0 radical (unpaired) electrons. The fourth-order valence-electron chi connectivity index (χ4n) is 1.10. The molecule has 14 heavy (non-hydrogen) atoms. The zero-order valence-corrected chi connectivity index (χ0v) is 9.68. The van der Waals surface area contributed by atoms with Crippen LogP contribution in [0, 0.1) is 5.92 Å². The van der Waals surface area contributed by atoms with Crippen LogP contribution in [-0.4, -0.2) is 9.19 Å². The molecule has 0 aromatic carbocycles. The Balaban J connectivity index is 2.90. The van der Waals surface area contributed by atoms with Crippen molar-refractivity contribution in [2.24, 2.45) is 5.92 Å². The molecule has 1 aromatic rings. The molecule has 1 heterocycles.